The third-order valence-electron chi connectivity index (χ3n) is 12.7. The summed E-state index contributed by atoms with van der Waals surface area (Å²) < 4.78 is 82.1. The molecule has 1 spiro atoms. The maximum Gasteiger partial charge on any atom is 0.319 e. The minimum atomic E-state index is -2.44. The molecule has 5 atom stereocenters. The van der Waals surface area contributed by atoms with Crippen molar-refractivity contribution in [2.75, 3.05) is 43.4 Å². The zero-order valence-corrected chi connectivity index (χ0v) is 30.0. The molecule has 1 aliphatic carbocycles. The van der Waals surface area contributed by atoms with Gasteiger partial charge >= 0.3 is 6.01 Å². The van der Waals surface area contributed by atoms with Gasteiger partial charge in [-0.2, -0.15) is 15.2 Å². The zero-order valence-electron chi connectivity index (χ0n) is 28.4. The fraction of sp³-hybridized carbons (Fsp3) is 0.541. The molecule has 4 aromatic rings. The number of benzene rings is 2. The molecule has 3 N–H and O–H groups in total. The first kappa shape index (κ1) is 34.3. The first-order valence-electron chi connectivity index (χ1n) is 17.8. The van der Waals surface area contributed by atoms with Gasteiger partial charge in [0.2, 0.25) is 6.43 Å². The zero-order chi connectivity index (χ0) is 36.3. The van der Waals surface area contributed by atoms with Crippen LogP contribution >= 0.6 is 22.9 Å². The van der Waals surface area contributed by atoms with Crippen LogP contribution < -0.4 is 20.7 Å². The number of nitrogens with zero attached hydrogens (tertiary/aromatic N) is 5. The number of nitrogens with one attached hydrogen (secondary N) is 1. The van der Waals surface area contributed by atoms with Crippen LogP contribution in [0, 0.1) is 33.8 Å². The summed E-state index contributed by atoms with van der Waals surface area (Å²) in [4.78, 5) is 13.6. The van der Waals surface area contributed by atoms with E-state index in [2.05, 4.69) is 15.2 Å². The number of rotatable bonds is 7. The molecular formula is C37H37ClF5N7OS. The number of nitriles is 1. The highest BCUT2D eigenvalue weighted by molar-refractivity contribution is 7.23. The highest BCUT2D eigenvalue weighted by atomic mass is 35.5. The van der Waals surface area contributed by atoms with Crippen LogP contribution in [0.25, 0.3) is 32.1 Å². The quantitative estimate of drug-likeness (QED) is 0.184. The SMILES string of the molecule is C[C@H]1CC[C@]2(CN[C@@H]2C2(C(F)F)CC2)CN1c1nc(OC[C@@]23CCCN2C[C@H](F)C3)nc2c(F)c(-c3ccc(F)c4sc(N)c(C#N)c34)c(Cl)cc12. The Morgan fingerprint density at radius 1 is 1.21 bits per heavy atom. The van der Waals surface area contributed by atoms with E-state index < -0.39 is 40.6 Å². The lowest BCUT2D eigenvalue weighted by atomic mass is 9.62. The van der Waals surface area contributed by atoms with Crippen LogP contribution in [-0.4, -0.2) is 77.9 Å². The number of piperidine rings is 1. The molecule has 2 aromatic carbocycles. The van der Waals surface area contributed by atoms with E-state index in [9.17, 15) is 22.8 Å². The van der Waals surface area contributed by atoms with Crippen molar-refractivity contribution < 1.29 is 26.7 Å². The number of nitrogens with two attached hydrogens (primary N) is 1. The Kier molecular flexibility index (Phi) is 7.91. The van der Waals surface area contributed by atoms with Crippen LogP contribution in [0.2, 0.25) is 5.02 Å². The molecule has 4 aliphatic heterocycles. The summed E-state index contributed by atoms with van der Waals surface area (Å²) >= 11 is 7.83. The highest BCUT2D eigenvalue weighted by Crippen LogP contribution is 2.62. The van der Waals surface area contributed by atoms with Gasteiger partial charge in [-0.05, 0) is 69.7 Å². The van der Waals surface area contributed by atoms with E-state index in [1.165, 1.54) is 12.1 Å². The molecule has 0 amide bonds. The van der Waals surface area contributed by atoms with Gasteiger partial charge in [0.1, 0.15) is 41.0 Å². The Morgan fingerprint density at radius 2 is 2.02 bits per heavy atom. The number of aromatic nitrogens is 2. The standard InChI is InChI=1S/C37H37ClF5N7OS/c1-18-5-7-35(15-46-32(35)37(8-9-37)33(42)43)16-50(18)31-21-11-23(38)26(20-3-4-24(40)29-25(20)22(13-44)30(45)52-29)27(41)28(21)47-34(48-31)51-17-36-6-2-10-49(36)14-19(39)12-36/h3-4,11,18-19,32-33,46H,2,5-10,12,14-17,45H2,1H3/t18-,19+,32-,35-,36-/m0/s1. The van der Waals surface area contributed by atoms with E-state index in [0.717, 1.165) is 37.1 Å². The second-order valence-electron chi connectivity index (χ2n) is 15.6. The maximum atomic E-state index is 17.3. The Labute approximate surface area is 306 Å². The van der Waals surface area contributed by atoms with Gasteiger partial charge in [0.25, 0.3) is 0 Å². The summed E-state index contributed by atoms with van der Waals surface area (Å²) in [5.41, 5.74) is 4.11. The topological polar surface area (TPSA) is 103 Å². The molecule has 0 unspecified atom stereocenters. The molecule has 6 heterocycles. The third kappa shape index (κ3) is 4.94. The second kappa shape index (κ2) is 12.0. The predicted molar refractivity (Wildman–Crippen MR) is 191 cm³/mol. The first-order valence-corrected chi connectivity index (χ1v) is 19.0. The molecule has 5 aliphatic rings. The van der Waals surface area contributed by atoms with Gasteiger partial charge < -0.3 is 20.7 Å². The molecule has 4 saturated heterocycles. The van der Waals surface area contributed by atoms with E-state index in [0.29, 0.717) is 56.5 Å². The van der Waals surface area contributed by atoms with Crippen LogP contribution in [-0.2, 0) is 0 Å². The largest absolute Gasteiger partial charge is 0.461 e. The van der Waals surface area contributed by atoms with Crippen LogP contribution in [0.15, 0.2) is 18.2 Å². The Morgan fingerprint density at radius 3 is 2.73 bits per heavy atom. The summed E-state index contributed by atoms with van der Waals surface area (Å²) in [6.45, 7) is 4.22. The van der Waals surface area contributed by atoms with Crippen LogP contribution in [0.1, 0.15) is 57.4 Å². The predicted octanol–water partition coefficient (Wildman–Crippen LogP) is 7.84. The minimum absolute atomic E-state index is 0.0114. The van der Waals surface area contributed by atoms with Crippen molar-refractivity contribution in [1.82, 2.24) is 20.2 Å². The minimum Gasteiger partial charge on any atom is -0.461 e. The third-order valence-corrected chi connectivity index (χ3v) is 14.1. The van der Waals surface area contributed by atoms with Gasteiger partial charge in [-0.1, -0.05) is 17.7 Å². The van der Waals surface area contributed by atoms with Gasteiger partial charge in [0, 0.05) is 65.3 Å². The molecule has 52 heavy (non-hydrogen) atoms. The normalized spacial score (nSPS) is 29.6. The lowest BCUT2D eigenvalue weighted by Gasteiger charge is -2.59. The summed E-state index contributed by atoms with van der Waals surface area (Å²) in [5.74, 6) is -1.06. The number of hydrogen-bond acceptors (Lipinski definition) is 9. The molecule has 5 fully saturated rings. The van der Waals surface area contributed by atoms with Crippen LogP contribution in [0.4, 0.5) is 32.8 Å². The first-order chi connectivity index (χ1) is 24.9. The van der Waals surface area contributed by atoms with E-state index in [4.69, 9.17) is 27.1 Å². The monoisotopic (exact) mass is 757 g/mol. The smallest absolute Gasteiger partial charge is 0.319 e. The molecule has 2 aromatic heterocycles. The molecule has 0 radical (unpaired) electrons. The number of anilines is 2. The Bertz CT molecular complexity index is 2180. The molecule has 0 bridgehead atoms. The van der Waals surface area contributed by atoms with Gasteiger partial charge in [-0.25, -0.2) is 22.0 Å². The molecule has 9 rings (SSSR count). The van der Waals surface area contributed by atoms with Gasteiger partial charge in [-0.15, -0.1) is 11.3 Å². The Balaban J connectivity index is 1.19. The van der Waals surface area contributed by atoms with Crippen molar-refractivity contribution >= 4 is 54.7 Å². The summed E-state index contributed by atoms with van der Waals surface area (Å²) in [6, 6.07) is 5.61. The van der Waals surface area contributed by atoms with Crippen molar-refractivity contribution in [2.45, 2.75) is 82.1 Å². The number of hydrogen-bond donors (Lipinski definition) is 2. The molecule has 15 heteroatoms. The molecule has 8 nitrogen and oxygen atoms in total. The van der Waals surface area contributed by atoms with E-state index >= 15 is 4.39 Å². The van der Waals surface area contributed by atoms with Crippen molar-refractivity contribution in [3.8, 4) is 23.2 Å². The fourth-order valence-electron chi connectivity index (χ4n) is 9.82. The number of nitrogen functional groups attached to an aromatic ring is 1. The average Bonchev–Trinajstić information content (AvgIpc) is 3.54. The molecule has 1 saturated carbocycles. The van der Waals surface area contributed by atoms with Crippen molar-refractivity contribution in [3.05, 3.63) is 40.4 Å². The lowest BCUT2D eigenvalue weighted by molar-refractivity contribution is -0.0583. The van der Waals surface area contributed by atoms with Crippen molar-refractivity contribution in [2.24, 2.45) is 10.8 Å². The number of ether oxygens (including phenoxy) is 1. The van der Waals surface area contributed by atoms with E-state index in [-0.39, 0.29) is 67.0 Å². The van der Waals surface area contributed by atoms with Crippen molar-refractivity contribution in [1.29, 1.82) is 5.26 Å². The van der Waals surface area contributed by atoms with E-state index in [1.807, 2.05) is 17.9 Å². The van der Waals surface area contributed by atoms with Gasteiger partial charge in [-0.3, -0.25) is 4.90 Å². The number of fused-ring (bicyclic) bond motifs is 3. The van der Waals surface area contributed by atoms with Crippen LogP contribution in [0.3, 0.4) is 0 Å². The summed E-state index contributed by atoms with van der Waals surface area (Å²) in [5, 5.41) is 13.8. The number of alkyl halides is 3. The van der Waals surface area contributed by atoms with E-state index in [1.54, 1.807) is 6.07 Å². The van der Waals surface area contributed by atoms with Crippen molar-refractivity contribution in [3.63, 3.8) is 0 Å². The lowest BCUT2D eigenvalue weighted by Crippen LogP contribution is -2.72. The molecule has 274 valence electrons. The number of halogens is 6. The average molecular weight is 758 g/mol. The fourth-order valence-corrected chi connectivity index (χ4v) is 11.1. The second-order valence-corrected chi connectivity index (χ2v) is 17.1. The maximum absolute atomic E-state index is 17.3. The highest BCUT2D eigenvalue weighted by Gasteiger charge is 2.67. The Hall–Kier alpha value is -3.51. The molecular weight excluding hydrogens is 721 g/mol. The summed E-state index contributed by atoms with van der Waals surface area (Å²) in [7, 11) is 0. The van der Waals surface area contributed by atoms with Gasteiger partial charge in [0.05, 0.1) is 20.8 Å². The van der Waals surface area contributed by atoms with Gasteiger partial charge in [0.15, 0.2) is 5.82 Å². The summed E-state index contributed by atoms with van der Waals surface area (Å²) in [6.07, 6.45) is 0.958. The van der Waals surface area contributed by atoms with Crippen LogP contribution in [0.5, 0.6) is 6.01 Å². The number of thiophene rings is 1.